The second kappa shape index (κ2) is 10.5. The van der Waals surface area contributed by atoms with Crippen LogP contribution in [0.1, 0.15) is 58.2 Å². The fraction of sp³-hybridized carbons (Fsp3) is 0.188. The summed E-state index contributed by atoms with van der Waals surface area (Å²) in [7, 11) is 0. The van der Waals surface area contributed by atoms with Gasteiger partial charge in [0.2, 0.25) is 6.23 Å². The predicted octanol–water partition coefficient (Wildman–Crippen LogP) is 7.51. The number of esters is 1. The highest BCUT2D eigenvalue weighted by molar-refractivity contribution is 6.30. The summed E-state index contributed by atoms with van der Waals surface area (Å²) in [6, 6.07) is 28.4. The summed E-state index contributed by atoms with van der Waals surface area (Å²) in [5, 5.41) is 7.67. The van der Waals surface area contributed by atoms with E-state index >= 15 is 0 Å². The number of hydrogen-bond acceptors (Lipinski definition) is 6. The number of nitrogens with zero attached hydrogens (tertiary/aromatic N) is 2. The summed E-state index contributed by atoms with van der Waals surface area (Å²) in [6.45, 7) is 4.57. The van der Waals surface area contributed by atoms with Gasteiger partial charge in [0.15, 0.2) is 0 Å². The molecule has 7 heteroatoms. The number of carbonyl (C=O) groups is 1. The van der Waals surface area contributed by atoms with E-state index in [0.29, 0.717) is 29.4 Å². The lowest BCUT2D eigenvalue weighted by atomic mass is 9.96. The van der Waals surface area contributed by atoms with Gasteiger partial charge in [-0.3, -0.25) is 0 Å². The number of aryl methyl sites for hydroxylation is 1. The van der Waals surface area contributed by atoms with E-state index in [1.165, 1.54) is 0 Å². The zero-order valence-corrected chi connectivity index (χ0v) is 22.4. The summed E-state index contributed by atoms with van der Waals surface area (Å²) in [5.74, 6) is 1.68. The molecule has 6 rings (SSSR count). The van der Waals surface area contributed by atoms with E-state index in [-0.39, 0.29) is 6.04 Å². The molecule has 4 aromatic rings. The number of rotatable bonds is 6. The van der Waals surface area contributed by atoms with Crippen molar-refractivity contribution in [3.63, 3.8) is 0 Å². The molecule has 2 heterocycles. The Hall–Kier alpha value is -4.29. The van der Waals surface area contributed by atoms with Crippen LogP contribution in [-0.4, -0.2) is 23.3 Å². The number of fused-ring (bicyclic) bond motifs is 3. The smallest absolute Gasteiger partial charge is 0.343 e. The minimum Gasteiger partial charge on any atom is -0.494 e. The number of carbonyl (C=O) groups excluding carboxylic acids is 1. The summed E-state index contributed by atoms with van der Waals surface area (Å²) < 4.78 is 17.7. The molecule has 0 aromatic heterocycles. The molecular weight excluding hydrogens is 512 g/mol. The van der Waals surface area contributed by atoms with Gasteiger partial charge in [-0.2, -0.15) is 5.10 Å². The van der Waals surface area contributed by atoms with Gasteiger partial charge in [0.05, 0.1) is 23.9 Å². The van der Waals surface area contributed by atoms with E-state index in [2.05, 4.69) is 0 Å². The minimum absolute atomic E-state index is 0.0296. The van der Waals surface area contributed by atoms with Crippen LogP contribution in [0.3, 0.4) is 0 Å². The first-order chi connectivity index (χ1) is 19.0. The maximum atomic E-state index is 12.6. The van der Waals surface area contributed by atoms with Gasteiger partial charge in [-0.1, -0.05) is 29.3 Å². The highest BCUT2D eigenvalue weighted by Crippen LogP contribution is 2.48. The van der Waals surface area contributed by atoms with Gasteiger partial charge in [-0.05, 0) is 98.3 Å². The average Bonchev–Trinajstić information content (AvgIpc) is 3.40. The maximum absolute atomic E-state index is 12.6. The number of halogens is 1. The quantitative estimate of drug-likeness (QED) is 0.188. The summed E-state index contributed by atoms with van der Waals surface area (Å²) in [6.07, 6.45) is 0.263. The van der Waals surface area contributed by atoms with Crippen LogP contribution in [0.5, 0.6) is 17.2 Å². The molecule has 0 radical (unpaired) electrons. The third-order valence-electron chi connectivity index (χ3n) is 6.91. The van der Waals surface area contributed by atoms with E-state index in [9.17, 15) is 4.79 Å². The van der Waals surface area contributed by atoms with Gasteiger partial charge < -0.3 is 14.2 Å². The lowest BCUT2D eigenvalue weighted by molar-refractivity contribution is -0.0190. The Morgan fingerprint density at radius 1 is 0.974 bits per heavy atom. The minimum atomic E-state index is -0.453. The largest absolute Gasteiger partial charge is 0.494 e. The molecule has 0 fully saturated rings. The average molecular weight is 539 g/mol. The third-order valence-corrected chi connectivity index (χ3v) is 7.15. The normalized spacial score (nSPS) is 17.5. The fourth-order valence-corrected chi connectivity index (χ4v) is 5.10. The summed E-state index contributed by atoms with van der Waals surface area (Å²) in [5.41, 5.74) is 5.49. The molecule has 0 spiro atoms. The first-order valence-corrected chi connectivity index (χ1v) is 13.3. The number of hydrogen-bond donors (Lipinski definition) is 0. The number of ether oxygens (including phenoxy) is 3. The van der Waals surface area contributed by atoms with Crippen molar-refractivity contribution in [3.05, 3.63) is 124 Å². The van der Waals surface area contributed by atoms with Gasteiger partial charge in [0.1, 0.15) is 17.2 Å². The molecule has 0 N–H and O–H groups in total. The Morgan fingerprint density at radius 3 is 2.41 bits per heavy atom. The molecule has 4 aromatic carbocycles. The van der Waals surface area contributed by atoms with Crippen molar-refractivity contribution in [2.45, 2.75) is 32.5 Å². The first-order valence-electron chi connectivity index (χ1n) is 12.9. The van der Waals surface area contributed by atoms with Crippen molar-refractivity contribution in [2.24, 2.45) is 5.10 Å². The number of hydrazone groups is 1. The van der Waals surface area contributed by atoms with Crippen molar-refractivity contribution >= 4 is 23.3 Å². The van der Waals surface area contributed by atoms with Crippen LogP contribution in [-0.2, 0) is 0 Å². The molecule has 39 heavy (non-hydrogen) atoms. The Bertz CT molecular complexity index is 1530. The topological polar surface area (TPSA) is 60.4 Å². The summed E-state index contributed by atoms with van der Waals surface area (Å²) in [4.78, 5) is 12.6. The highest BCUT2D eigenvalue weighted by atomic mass is 35.5. The molecular formula is C32H27ClN2O4. The van der Waals surface area contributed by atoms with Crippen LogP contribution in [0.15, 0.2) is 96.1 Å². The fourth-order valence-electron chi connectivity index (χ4n) is 4.92. The lowest BCUT2D eigenvalue weighted by Gasteiger charge is -2.38. The maximum Gasteiger partial charge on any atom is 0.343 e. The highest BCUT2D eigenvalue weighted by Gasteiger charge is 2.41. The van der Waals surface area contributed by atoms with Crippen LogP contribution < -0.4 is 14.2 Å². The molecule has 196 valence electrons. The third kappa shape index (κ3) is 5.08. The van der Waals surface area contributed by atoms with E-state index in [4.69, 9.17) is 30.9 Å². The molecule has 0 amide bonds. The van der Waals surface area contributed by atoms with E-state index in [0.717, 1.165) is 39.5 Å². The van der Waals surface area contributed by atoms with Crippen molar-refractivity contribution in [2.75, 3.05) is 6.61 Å². The standard InChI is InChI=1S/C32H27ClN2O4/c1-3-37-25-13-8-21(9-14-25)28-19-29-27-18-24(33)12-17-30(27)39-31(35(29)34-28)22-10-15-26(16-11-22)38-32(36)23-6-4-20(2)5-7-23/h4-18,29,31H,3,19H2,1-2H3/t29-,31-/m0/s1. The van der Waals surface area contributed by atoms with Crippen LogP contribution in [0.25, 0.3) is 0 Å². The van der Waals surface area contributed by atoms with Gasteiger partial charge in [0, 0.05) is 22.6 Å². The van der Waals surface area contributed by atoms with Crippen LogP contribution in [0, 0.1) is 6.92 Å². The van der Waals surface area contributed by atoms with Crippen molar-refractivity contribution in [3.8, 4) is 17.2 Å². The van der Waals surface area contributed by atoms with Gasteiger partial charge in [-0.15, -0.1) is 0 Å². The Balaban J connectivity index is 1.28. The second-order valence-electron chi connectivity index (χ2n) is 9.58. The Labute approximate surface area is 232 Å². The molecule has 0 bridgehead atoms. The van der Waals surface area contributed by atoms with E-state index in [1.807, 2.05) is 85.6 Å². The first kappa shape index (κ1) is 25.0. The van der Waals surface area contributed by atoms with Crippen molar-refractivity contribution in [1.82, 2.24) is 5.01 Å². The van der Waals surface area contributed by atoms with Crippen molar-refractivity contribution in [1.29, 1.82) is 0 Å². The zero-order valence-electron chi connectivity index (χ0n) is 21.6. The van der Waals surface area contributed by atoms with Gasteiger partial charge in [0.25, 0.3) is 0 Å². The Morgan fingerprint density at radius 2 is 1.69 bits per heavy atom. The van der Waals surface area contributed by atoms with Crippen molar-refractivity contribution < 1.29 is 19.0 Å². The lowest BCUT2D eigenvalue weighted by Crippen LogP contribution is -2.33. The monoisotopic (exact) mass is 538 g/mol. The summed E-state index contributed by atoms with van der Waals surface area (Å²) >= 11 is 6.36. The SMILES string of the molecule is CCOc1ccc(C2=NN3[C@@H](C2)c2cc(Cl)ccc2O[C@H]3c2ccc(OC(=O)c3ccc(C)cc3)cc2)cc1. The van der Waals surface area contributed by atoms with Crippen LogP contribution in [0.2, 0.25) is 5.02 Å². The molecule has 0 unspecified atom stereocenters. The molecule has 6 nitrogen and oxygen atoms in total. The van der Waals surface area contributed by atoms with Crippen LogP contribution >= 0.6 is 11.6 Å². The molecule has 0 aliphatic carbocycles. The Kier molecular flexibility index (Phi) is 6.71. The van der Waals surface area contributed by atoms with Crippen LogP contribution in [0.4, 0.5) is 0 Å². The molecule has 2 atom stereocenters. The molecule has 2 aliphatic heterocycles. The second-order valence-corrected chi connectivity index (χ2v) is 10.0. The molecule has 0 saturated heterocycles. The number of benzene rings is 4. The molecule has 2 aliphatic rings. The van der Waals surface area contributed by atoms with E-state index in [1.54, 1.807) is 24.3 Å². The zero-order chi connectivity index (χ0) is 26.9. The van der Waals surface area contributed by atoms with Gasteiger partial charge >= 0.3 is 5.97 Å². The predicted molar refractivity (Wildman–Crippen MR) is 151 cm³/mol. The molecule has 0 saturated carbocycles. The van der Waals surface area contributed by atoms with E-state index < -0.39 is 12.2 Å². The van der Waals surface area contributed by atoms with Gasteiger partial charge in [-0.25, -0.2) is 9.80 Å².